The summed E-state index contributed by atoms with van der Waals surface area (Å²) in [5, 5.41) is 3.05. The summed E-state index contributed by atoms with van der Waals surface area (Å²) in [5.74, 6) is 1.35. The molecule has 1 saturated heterocycles. The molecule has 0 bridgehead atoms. The fraction of sp³-hybridized carbons (Fsp3) is 0.476. The van der Waals surface area contributed by atoms with Crippen LogP contribution in [-0.4, -0.2) is 35.5 Å². The van der Waals surface area contributed by atoms with Crippen LogP contribution in [0.15, 0.2) is 36.7 Å². The fourth-order valence-corrected chi connectivity index (χ4v) is 3.20. The summed E-state index contributed by atoms with van der Waals surface area (Å²) in [4.78, 5) is 23.6. The molecule has 5 heteroatoms. The second kappa shape index (κ2) is 8.30. The van der Waals surface area contributed by atoms with Crippen LogP contribution in [0.25, 0.3) is 11.1 Å². The summed E-state index contributed by atoms with van der Waals surface area (Å²) in [5.41, 5.74) is 3.37. The van der Waals surface area contributed by atoms with Gasteiger partial charge in [-0.3, -0.25) is 4.79 Å². The first-order valence-electron chi connectivity index (χ1n) is 9.44. The third-order valence-corrected chi connectivity index (χ3v) is 4.78. The Balaban J connectivity index is 1.65. The number of rotatable bonds is 5. The molecule has 1 aromatic carbocycles. The molecule has 0 saturated carbocycles. The Hall–Kier alpha value is -2.43. The highest BCUT2D eigenvalue weighted by atomic mass is 16.1. The quantitative estimate of drug-likeness (QED) is 0.895. The van der Waals surface area contributed by atoms with Gasteiger partial charge in [-0.2, -0.15) is 0 Å². The number of hydrogen-bond acceptors (Lipinski definition) is 4. The minimum Gasteiger partial charge on any atom is -0.356 e. The lowest BCUT2D eigenvalue weighted by molar-refractivity contribution is -0.125. The van der Waals surface area contributed by atoms with Crippen molar-refractivity contribution in [2.75, 3.05) is 24.5 Å². The lowest BCUT2D eigenvalue weighted by Gasteiger charge is -2.32. The zero-order chi connectivity index (χ0) is 18.5. The molecule has 2 aromatic rings. The van der Waals surface area contributed by atoms with Crippen LogP contribution in [0.1, 0.15) is 32.3 Å². The molecule has 1 aliphatic heterocycles. The zero-order valence-corrected chi connectivity index (χ0v) is 15.9. The minimum absolute atomic E-state index is 0.0166. The molecule has 1 fully saturated rings. The highest BCUT2D eigenvalue weighted by Gasteiger charge is 2.27. The van der Waals surface area contributed by atoms with E-state index in [9.17, 15) is 4.79 Å². The lowest BCUT2D eigenvalue weighted by Crippen LogP contribution is -2.44. The Labute approximate surface area is 155 Å². The average Bonchev–Trinajstić information content (AvgIpc) is 2.67. The number of hydrogen-bond donors (Lipinski definition) is 1. The molecule has 2 heterocycles. The van der Waals surface area contributed by atoms with Crippen molar-refractivity contribution in [1.82, 2.24) is 15.3 Å². The highest BCUT2D eigenvalue weighted by molar-refractivity contribution is 5.79. The van der Waals surface area contributed by atoms with E-state index in [0.717, 1.165) is 37.1 Å². The SMILES string of the molecule is Cc1ccc(-c2cnc(N3CCC[C@@H](C(=O)NCC(C)C)C3)nc2)cc1. The lowest BCUT2D eigenvalue weighted by atomic mass is 9.97. The maximum Gasteiger partial charge on any atom is 0.225 e. The van der Waals surface area contributed by atoms with Gasteiger partial charge in [-0.25, -0.2) is 9.97 Å². The number of piperidine rings is 1. The molecule has 1 amide bonds. The molecule has 1 aromatic heterocycles. The number of carbonyl (C=O) groups excluding carboxylic acids is 1. The van der Waals surface area contributed by atoms with Crippen LogP contribution in [0.3, 0.4) is 0 Å². The highest BCUT2D eigenvalue weighted by Crippen LogP contribution is 2.23. The summed E-state index contributed by atoms with van der Waals surface area (Å²) in [6, 6.07) is 8.36. The van der Waals surface area contributed by atoms with Gasteiger partial charge in [0.2, 0.25) is 11.9 Å². The van der Waals surface area contributed by atoms with Crippen LogP contribution < -0.4 is 10.2 Å². The van der Waals surface area contributed by atoms with E-state index >= 15 is 0 Å². The Kier molecular flexibility index (Phi) is 5.86. The van der Waals surface area contributed by atoms with Crippen LogP contribution in [0, 0.1) is 18.8 Å². The smallest absolute Gasteiger partial charge is 0.225 e. The van der Waals surface area contributed by atoms with Gasteiger partial charge >= 0.3 is 0 Å². The first-order valence-corrected chi connectivity index (χ1v) is 9.44. The molecule has 1 atom stereocenters. The molecule has 5 nitrogen and oxygen atoms in total. The van der Waals surface area contributed by atoms with E-state index in [1.54, 1.807) is 0 Å². The number of benzene rings is 1. The number of carbonyl (C=O) groups is 1. The van der Waals surface area contributed by atoms with Crippen molar-refractivity contribution < 1.29 is 4.79 Å². The topological polar surface area (TPSA) is 58.1 Å². The van der Waals surface area contributed by atoms with Crippen LogP contribution in [0.4, 0.5) is 5.95 Å². The molecule has 1 N–H and O–H groups in total. The fourth-order valence-electron chi connectivity index (χ4n) is 3.20. The van der Waals surface area contributed by atoms with Crippen LogP contribution in [0.2, 0.25) is 0 Å². The predicted octanol–water partition coefficient (Wildman–Crippen LogP) is 3.44. The van der Waals surface area contributed by atoms with Gasteiger partial charge in [0.1, 0.15) is 0 Å². The summed E-state index contributed by atoms with van der Waals surface area (Å²) in [6.45, 7) is 8.62. The van der Waals surface area contributed by atoms with Gasteiger partial charge in [0.05, 0.1) is 5.92 Å². The van der Waals surface area contributed by atoms with E-state index in [-0.39, 0.29) is 11.8 Å². The van der Waals surface area contributed by atoms with Gasteiger partial charge in [-0.15, -0.1) is 0 Å². The molecular formula is C21H28N4O. The van der Waals surface area contributed by atoms with Crippen molar-refractivity contribution in [2.24, 2.45) is 11.8 Å². The van der Waals surface area contributed by atoms with E-state index in [2.05, 4.69) is 65.2 Å². The molecule has 26 heavy (non-hydrogen) atoms. The summed E-state index contributed by atoms with van der Waals surface area (Å²) in [6.07, 6.45) is 5.66. The van der Waals surface area contributed by atoms with Gasteiger partial charge in [0.15, 0.2) is 0 Å². The molecule has 0 unspecified atom stereocenters. The maximum absolute atomic E-state index is 12.4. The molecule has 0 aliphatic carbocycles. The number of amides is 1. The number of aryl methyl sites for hydroxylation is 1. The normalized spacial score (nSPS) is 17.4. The van der Waals surface area contributed by atoms with Gasteiger partial charge in [0.25, 0.3) is 0 Å². The Bertz CT molecular complexity index is 725. The van der Waals surface area contributed by atoms with E-state index in [4.69, 9.17) is 0 Å². The van der Waals surface area contributed by atoms with Crippen molar-refractivity contribution >= 4 is 11.9 Å². The van der Waals surface area contributed by atoms with Gasteiger partial charge < -0.3 is 10.2 Å². The molecule has 0 radical (unpaired) electrons. The first kappa shape index (κ1) is 18.4. The van der Waals surface area contributed by atoms with Crippen molar-refractivity contribution in [3.63, 3.8) is 0 Å². The molecular weight excluding hydrogens is 324 g/mol. The number of nitrogens with one attached hydrogen (secondary N) is 1. The number of anilines is 1. The van der Waals surface area contributed by atoms with E-state index in [1.165, 1.54) is 5.56 Å². The van der Waals surface area contributed by atoms with Crippen LogP contribution in [0.5, 0.6) is 0 Å². The molecule has 0 spiro atoms. The zero-order valence-electron chi connectivity index (χ0n) is 15.9. The molecule has 1 aliphatic rings. The van der Waals surface area contributed by atoms with Gasteiger partial charge in [-0.1, -0.05) is 43.7 Å². The summed E-state index contributed by atoms with van der Waals surface area (Å²) in [7, 11) is 0. The van der Waals surface area contributed by atoms with Gasteiger partial charge in [0, 0.05) is 37.6 Å². The third kappa shape index (κ3) is 4.59. The Morgan fingerprint density at radius 2 is 1.88 bits per heavy atom. The van der Waals surface area contributed by atoms with Crippen molar-refractivity contribution in [1.29, 1.82) is 0 Å². The van der Waals surface area contributed by atoms with E-state index < -0.39 is 0 Å². The number of nitrogens with zero attached hydrogens (tertiary/aromatic N) is 3. The summed E-state index contributed by atoms with van der Waals surface area (Å²) >= 11 is 0. The average molecular weight is 352 g/mol. The Morgan fingerprint density at radius 1 is 1.19 bits per heavy atom. The molecule has 3 rings (SSSR count). The standard InChI is InChI=1S/C21H28N4O/c1-15(2)11-22-20(26)18-5-4-10-25(14-18)21-23-12-19(13-24-21)17-8-6-16(3)7-9-17/h6-9,12-13,15,18H,4-5,10-11,14H2,1-3H3,(H,22,26)/t18-/m1/s1. The third-order valence-electron chi connectivity index (χ3n) is 4.78. The monoisotopic (exact) mass is 352 g/mol. The number of aromatic nitrogens is 2. The van der Waals surface area contributed by atoms with Crippen molar-refractivity contribution in [2.45, 2.75) is 33.6 Å². The van der Waals surface area contributed by atoms with Crippen LogP contribution >= 0.6 is 0 Å². The van der Waals surface area contributed by atoms with Crippen LogP contribution in [-0.2, 0) is 4.79 Å². The maximum atomic E-state index is 12.4. The van der Waals surface area contributed by atoms with Crippen molar-refractivity contribution in [3.8, 4) is 11.1 Å². The first-order chi connectivity index (χ1) is 12.5. The second-order valence-electron chi connectivity index (χ2n) is 7.56. The predicted molar refractivity (Wildman–Crippen MR) is 105 cm³/mol. The van der Waals surface area contributed by atoms with Gasteiger partial charge in [-0.05, 0) is 31.2 Å². The van der Waals surface area contributed by atoms with E-state index in [1.807, 2.05) is 12.4 Å². The minimum atomic E-state index is 0.0166. The second-order valence-corrected chi connectivity index (χ2v) is 7.56. The Morgan fingerprint density at radius 3 is 2.54 bits per heavy atom. The van der Waals surface area contributed by atoms with E-state index in [0.29, 0.717) is 18.4 Å². The molecule has 138 valence electrons. The van der Waals surface area contributed by atoms with Crippen molar-refractivity contribution in [3.05, 3.63) is 42.2 Å². The largest absolute Gasteiger partial charge is 0.356 e. The summed E-state index contributed by atoms with van der Waals surface area (Å²) < 4.78 is 0.